The molecule has 0 fully saturated rings. The Balaban J connectivity index is 2.10. The van der Waals surface area contributed by atoms with Crippen LogP contribution < -0.4 is 10.6 Å². The fourth-order valence-corrected chi connectivity index (χ4v) is 2.00. The molecule has 0 bridgehead atoms. The summed E-state index contributed by atoms with van der Waals surface area (Å²) in [5, 5.41) is 6.62. The quantitative estimate of drug-likeness (QED) is 0.843. The van der Waals surface area contributed by atoms with Gasteiger partial charge >= 0.3 is 0 Å². The molecule has 0 radical (unpaired) electrons. The van der Waals surface area contributed by atoms with Crippen LogP contribution in [0.4, 0.5) is 11.5 Å². The molecular weight excluding hydrogens is 316 g/mol. The minimum atomic E-state index is 0.408. The van der Waals surface area contributed by atoms with Crippen molar-refractivity contribution in [2.24, 2.45) is 0 Å². The molecule has 1 aromatic carbocycles. The van der Waals surface area contributed by atoms with E-state index in [2.05, 4.69) is 36.5 Å². The van der Waals surface area contributed by atoms with Gasteiger partial charge in [-0.05, 0) is 17.7 Å². The van der Waals surface area contributed by atoms with E-state index in [1.54, 1.807) is 7.05 Å². The number of anilines is 2. The van der Waals surface area contributed by atoms with E-state index in [1.807, 2.05) is 24.3 Å². The Morgan fingerprint density at radius 3 is 2.61 bits per heavy atom. The van der Waals surface area contributed by atoms with Crippen LogP contribution in [0.1, 0.15) is 5.56 Å². The third-order valence-corrected chi connectivity index (χ3v) is 3.24. The molecule has 0 spiro atoms. The molecule has 94 valence electrons. The molecule has 0 aliphatic rings. The zero-order chi connectivity index (χ0) is 13.0. The third kappa shape index (κ3) is 3.11. The maximum Gasteiger partial charge on any atom is 0.157 e. The summed E-state index contributed by atoms with van der Waals surface area (Å²) in [5.41, 5.74) is 1.87. The summed E-state index contributed by atoms with van der Waals surface area (Å²) >= 11 is 9.38. The lowest BCUT2D eigenvalue weighted by atomic mass is 10.2. The van der Waals surface area contributed by atoms with Gasteiger partial charge in [-0.2, -0.15) is 0 Å². The van der Waals surface area contributed by atoms with Crippen molar-refractivity contribution in [2.75, 3.05) is 17.7 Å². The number of benzene rings is 1. The van der Waals surface area contributed by atoms with Crippen LogP contribution in [0.15, 0.2) is 35.1 Å². The van der Waals surface area contributed by atoms with Gasteiger partial charge in [0.2, 0.25) is 0 Å². The normalized spacial score (nSPS) is 10.2. The minimum Gasteiger partial charge on any atom is -0.383 e. The molecule has 0 saturated heterocycles. The van der Waals surface area contributed by atoms with Crippen LogP contribution in [0, 0.1) is 0 Å². The molecule has 0 aliphatic heterocycles. The van der Waals surface area contributed by atoms with Crippen molar-refractivity contribution in [2.45, 2.75) is 6.54 Å². The predicted molar refractivity (Wildman–Crippen MR) is 78.1 cm³/mol. The number of halogens is 2. The summed E-state index contributed by atoms with van der Waals surface area (Å²) < 4.78 is 1.06. The van der Waals surface area contributed by atoms with Gasteiger partial charge in [-0.25, -0.2) is 9.97 Å². The van der Waals surface area contributed by atoms with Crippen LogP contribution in [-0.4, -0.2) is 17.0 Å². The fraction of sp³-hybridized carbons (Fsp3) is 0.167. The van der Waals surface area contributed by atoms with Crippen LogP contribution in [0.3, 0.4) is 0 Å². The number of hydrogen-bond acceptors (Lipinski definition) is 4. The first-order valence-electron chi connectivity index (χ1n) is 5.37. The maximum atomic E-state index is 5.97. The Kier molecular flexibility index (Phi) is 4.38. The van der Waals surface area contributed by atoms with Gasteiger partial charge in [0.15, 0.2) is 11.0 Å². The van der Waals surface area contributed by atoms with Crippen molar-refractivity contribution in [3.8, 4) is 0 Å². The maximum absolute atomic E-state index is 5.97. The van der Waals surface area contributed by atoms with Gasteiger partial charge in [-0.15, -0.1) is 0 Å². The van der Waals surface area contributed by atoms with E-state index in [0.29, 0.717) is 23.2 Å². The zero-order valence-electron chi connectivity index (χ0n) is 9.74. The highest BCUT2D eigenvalue weighted by Crippen LogP contribution is 2.25. The zero-order valence-corrected chi connectivity index (χ0v) is 12.1. The van der Waals surface area contributed by atoms with Crippen LogP contribution in [0.5, 0.6) is 0 Å². The van der Waals surface area contributed by atoms with Crippen molar-refractivity contribution < 1.29 is 0 Å². The molecule has 6 heteroatoms. The van der Waals surface area contributed by atoms with Crippen molar-refractivity contribution in [3.05, 3.63) is 45.8 Å². The highest BCUT2D eigenvalue weighted by molar-refractivity contribution is 9.10. The summed E-state index contributed by atoms with van der Waals surface area (Å²) in [6, 6.07) is 8.09. The smallest absolute Gasteiger partial charge is 0.157 e. The number of hydrogen-bond donors (Lipinski definition) is 2. The lowest BCUT2D eigenvalue weighted by molar-refractivity contribution is 1.08. The first-order chi connectivity index (χ1) is 8.70. The molecule has 0 aliphatic carbocycles. The SMILES string of the molecule is CNc1c(Cl)ncnc1NCc1ccc(Br)cc1. The first kappa shape index (κ1) is 13.1. The molecule has 0 saturated carbocycles. The Labute approximate surface area is 119 Å². The van der Waals surface area contributed by atoms with Crippen LogP contribution in [-0.2, 0) is 6.54 Å². The molecule has 2 aromatic rings. The second-order valence-corrected chi connectivity index (χ2v) is 4.89. The minimum absolute atomic E-state index is 0.408. The van der Waals surface area contributed by atoms with E-state index >= 15 is 0 Å². The highest BCUT2D eigenvalue weighted by Gasteiger charge is 2.07. The summed E-state index contributed by atoms with van der Waals surface area (Å²) in [7, 11) is 1.79. The second kappa shape index (κ2) is 6.02. The van der Waals surface area contributed by atoms with E-state index in [9.17, 15) is 0 Å². The number of rotatable bonds is 4. The average Bonchev–Trinajstić information content (AvgIpc) is 2.38. The molecule has 2 rings (SSSR count). The Morgan fingerprint density at radius 1 is 1.22 bits per heavy atom. The van der Waals surface area contributed by atoms with Gasteiger partial charge in [0, 0.05) is 18.1 Å². The number of aromatic nitrogens is 2. The molecular formula is C12H12BrClN4. The molecule has 0 amide bonds. The van der Waals surface area contributed by atoms with E-state index in [0.717, 1.165) is 10.0 Å². The number of nitrogens with one attached hydrogen (secondary N) is 2. The van der Waals surface area contributed by atoms with Gasteiger partial charge in [0.25, 0.3) is 0 Å². The van der Waals surface area contributed by atoms with Gasteiger partial charge < -0.3 is 10.6 Å². The molecule has 2 N–H and O–H groups in total. The highest BCUT2D eigenvalue weighted by atomic mass is 79.9. The van der Waals surface area contributed by atoms with Gasteiger partial charge in [0.1, 0.15) is 12.0 Å². The predicted octanol–water partition coefficient (Wildman–Crippen LogP) is 3.55. The number of nitrogens with zero attached hydrogens (tertiary/aromatic N) is 2. The van der Waals surface area contributed by atoms with Crippen molar-refractivity contribution in [3.63, 3.8) is 0 Å². The monoisotopic (exact) mass is 326 g/mol. The summed E-state index contributed by atoms with van der Waals surface area (Å²) in [6.07, 6.45) is 1.44. The topological polar surface area (TPSA) is 49.8 Å². The Hall–Kier alpha value is -1.33. The van der Waals surface area contributed by atoms with E-state index in [4.69, 9.17) is 11.6 Å². The first-order valence-corrected chi connectivity index (χ1v) is 6.54. The Bertz CT molecular complexity index is 530. The molecule has 1 heterocycles. The second-order valence-electron chi connectivity index (χ2n) is 3.62. The molecule has 0 atom stereocenters. The lowest BCUT2D eigenvalue weighted by Gasteiger charge is -2.11. The summed E-state index contributed by atoms with van der Waals surface area (Å²) in [6.45, 7) is 0.676. The average molecular weight is 328 g/mol. The van der Waals surface area contributed by atoms with E-state index in [1.165, 1.54) is 6.33 Å². The standard InChI is InChI=1S/C12H12BrClN4/c1-15-10-11(14)17-7-18-12(10)16-6-8-2-4-9(13)5-3-8/h2-5,7,15H,6H2,1H3,(H,16,17,18). The van der Waals surface area contributed by atoms with Crippen LogP contribution in [0.25, 0.3) is 0 Å². The summed E-state index contributed by atoms with van der Waals surface area (Å²) in [4.78, 5) is 8.09. The van der Waals surface area contributed by atoms with Crippen LogP contribution in [0.2, 0.25) is 5.15 Å². The largest absolute Gasteiger partial charge is 0.383 e. The third-order valence-electron chi connectivity index (χ3n) is 2.42. The molecule has 18 heavy (non-hydrogen) atoms. The summed E-state index contributed by atoms with van der Waals surface area (Å²) in [5.74, 6) is 0.695. The Morgan fingerprint density at radius 2 is 1.94 bits per heavy atom. The van der Waals surface area contributed by atoms with Crippen molar-refractivity contribution in [1.82, 2.24) is 9.97 Å². The van der Waals surface area contributed by atoms with Crippen LogP contribution >= 0.6 is 27.5 Å². The molecule has 4 nitrogen and oxygen atoms in total. The van der Waals surface area contributed by atoms with Gasteiger partial charge in [-0.3, -0.25) is 0 Å². The molecule has 1 aromatic heterocycles. The van der Waals surface area contributed by atoms with E-state index < -0.39 is 0 Å². The van der Waals surface area contributed by atoms with Crippen molar-refractivity contribution in [1.29, 1.82) is 0 Å². The van der Waals surface area contributed by atoms with Crippen molar-refractivity contribution >= 4 is 39.0 Å². The fourth-order valence-electron chi connectivity index (χ4n) is 1.51. The van der Waals surface area contributed by atoms with Gasteiger partial charge in [0.05, 0.1) is 0 Å². The van der Waals surface area contributed by atoms with E-state index in [-0.39, 0.29) is 0 Å². The van der Waals surface area contributed by atoms with Gasteiger partial charge in [-0.1, -0.05) is 39.7 Å². The molecule has 0 unspecified atom stereocenters. The lowest BCUT2D eigenvalue weighted by Crippen LogP contribution is -2.05.